The molecule has 0 aliphatic carbocycles. The molecule has 32 heavy (non-hydrogen) atoms. The molecule has 1 fully saturated rings. The fourth-order valence-corrected chi connectivity index (χ4v) is 5.02. The van der Waals surface area contributed by atoms with Crippen LogP contribution in [0.15, 0.2) is 65.9 Å². The van der Waals surface area contributed by atoms with Crippen molar-refractivity contribution < 1.29 is 14.0 Å². The first-order chi connectivity index (χ1) is 15.5. The molecular weight excluding hydrogens is 407 g/mol. The van der Waals surface area contributed by atoms with Crippen LogP contribution in [0.2, 0.25) is 0 Å². The van der Waals surface area contributed by atoms with Gasteiger partial charge in [-0.25, -0.2) is 9.18 Å². The Kier molecular flexibility index (Phi) is 5.43. The van der Waals surface area contributed by atoms with Crippen LogP contribution in [0.4, 0.5) is 9.18 Å². The molecular formula is C25H27FN4O2. The average Bonchev–Trinajstić information content (AvgIpc) is 3.16. The van der Waals surface area contributed by atoms with Gasteiger partial charge < -0.3 is 10.2 Å². The molecule has 0 radical (unpaired) electrons. The van der Waals surface area contributed by atoms with Crippen LogP contribution in [-0.2, 0) is 11.3 Å². The largest absolute Gasteiger partial charge is 0.330 e. The van der Waals surface area contributed by atoms with Crippen LogP contribution in [0.5, 0.6) is 0 Å². The Morgan fingerprint density at radius 1 is 1.00 bits per heavy atom. The summed E-state index contributed by atoms with van der Waals surface area (Å²) in [4.78, 5) is 32.0. The predicted octanol–water partition coefficient (Wildman–Crippen LogP) is 3.28. The number of benzene rings is 2. The first kappa shape index (κ1) is 20.7. The number of piperidine rings is 1. The Hall–Kier alpha value is -3.19. The molecule has 2 aromatic carbocycles. The van der Waals surface area contributed by atoms with Crippen LogP contribution >= 0.6 is 0 Å². The number of amides is 3. The number of urea groups is 1. The van der Waals surface area contributed by atoms with Crippen molar-refractivity contribution in [2.45, 2.75) is 31.5 Å². The van der Waals surface area contributed by atoms with Crippen molar-refractivity contribution in [3.63, 3.8) is 0 Å². The van der Waals surface area contributed by atoms with E-state index < -0.39 is 6.04 Å². The highest BCUT2D eigenvalue weighted by molar-refractivity contribution is 6.01. The van der Waals surface area contributed by atoms with Crippen LogP contribution < -0.4 is 5.32 Å². The summed E-state index contributed by atoms with van der Waals surface area (Å²) in [5, 5.41) is 2.91. The Labute approximate surface area is 187 Å². The Balaban J connectivity index is 1.30. The lowest BCUT2D eigenvalue weighted by Crippen LogP contribution is -2.46. The zero-order valence-corrected chi connectivity index (χ0v) is 18.1. The van der Waals surface area contributed by atoms with Gasteiger partial charge in [-0.1, -0.05) is 42.5 Å². The Morgan fingerprint density at radius 3 is 2.38 bits per heavy atom. The summed E-state index contributed by atoms with van der Waals surface area (Å²) < 4.78 is 13.4. The molecule has 2 aromatic rings. The van der Waals surface area contributed by atoms with Crippen molar-refractivity contribution in [1.82, 2.24) is 20.0 Å². The molecule has 1 unspecified atom stereocenters. The summed E-state index contributed by atoms with van der Waals surface area (Å²) in [6.45, 7) is 3.23. The summed E-state index contributed by atoms with van der Waals surface area (Å²) >= 11 is 0. The van der Waals surface area contributed by atoms with Gasteiger partial charge in [0.15, 0.2) is 0 Å². The molecule has 0 aromatic heterocycles. The van der Waals surface area contributed by atoms with Crippen molar-refractivity contribution >= 4 is 11.9 Å². The normalized spacial score (nSPS) is 22.4. The third-order valence-electron chi connectivity index (χ3n) is 6.84. The predicted molar refractivity (Wildman–Crippen MR) is 119 cm³/mol. The second-order valence-electron chi connectivity index (χ2n) is 8.78. The van der Waals surface area contributed by atoms with Gasteiger partial charge in [0.2, 0.25) is 0 Å². The van der Waals surface area contributed by atoms with Gasteiger partial charge >= 0.3 is 6.03 Å². The van der Waals surface area contributed by atoms with Gasteiger partial charge in [0.1, 0.15) is 5.82 Å². The minimum absolute atomic E-state index is 0.0253. The fraction of sp³-hybridized carbons (Fsp3) is 0.360. The number of hydrogen-bond donors (Lipinski definition) is 1. The van der Waals surface area contributed by atoms with Crippen LogP contribution in [-0.4, -0.2) is 59.4 Å². The standard InChI is InChI=1S/C25H27FN4O2/c1-28-21-16-30(20-11-13-29(14-12-20)15-17-5-3-2-4-6-17)24(31)22(21)23(27-25(28)32)18-7-9-19(26)10-8-18/h2-10,20,23H,11-16H2,1H3,(H,27,32). The number of rotatable bonds is 4. The molecule has 1 saturated heterocycles. The summed E-state index contributed by atoms with van der Waals surface area (Å²) in [7, 11) is 1.70. The molecule has 5 rings (SSSR count). The highest BCUT2D eigenvalue weighted by Gasteiger charge is 2.45. The molecule has 1 atom stereocenters. The maximum absolute atomic E-state index is 13.5. The van der Waals surface area contributed by atoms with Crippen molar-refractivity contribution in [2.24, 2.45) is 0 Å². The van der Waals surface area contributed by atoms with E-state index in [4.69, 9.17) is 0 Å². The topological polar surface area (TPSA) is 55.9 Å². The first-order valence-electron chi connectivity index (χ1n) is 11.1. The van der Waals surface area contributed by atoms with Crippen LogP contribution in [0.3, 0.4) is 0 Å². The average molecular weight is 435 g/mol. The van der Waals surface area contributed by atoms with Gasteiger partial charge in [-0.15, -0.1) is 0 Å². The van der Waals surface area contributed by atoms with E-state index in [9.17, 15) is 14.0 Å². The van der Waals surface area contributed by atoms with E-state index in [2.05, 4.69) is 34.5 Å². The van der Waals surface area contributed by atoms with Crippen molar-refractivity contribution in [3.05, 3.63) is 82.8 Å². The van der Waals surface area contributed by atoms with Gasteiger partial charge in [0.05, 0.1) is 23.9 Å². The van der Waals surface area contributed by atoms with Gasteiger partial charge in [-0.05, 0) is 36.1 Å². The van der Waals surface area contributed by atoms with E-state index in [1.54, 1.807) is 19.2 Å². The molecule has 0 spiro atoms. The quantitative estimate of drug-likeness (QED) is 0.804. The lowest BCUT2D eigenvalue weighted by Gasteiger charge is -2.37. The monoisotopic (exact) mass is 434 g/mol. The lowest BCUT2D eigenvalue weighted by molar-refractivity contribution is -0.128. The van der Waals surface area contributed by atoms with E-state index in [-0.39, 0.29) is 23.8 Å². The number of hydrogen-bond acceptors (Lipinski definition) is 3. The van der Waals surface area contributed by atoms with Crippen LogP contribution in [0.1, 0.15) is 30.0 Å². The number of halogens is 1. The maximum Gasteiger partial charge on any atom is 0.322 e. The zero-order chi connectivity index (χ0) is 22.2. The van der Waals surface area contributed by atoms with Gasteiger partial charge in [-0.2, -0.15) is 0 Å². The third-order valence-corrected chi connectivity index (χ3v) is 6.84. The second kappa shape index (κ2) is 8.39. The summed E-state index contributed by atoms with van der Waals surface area (Å²) in [6, 6.07) is 15.8. The molecule has 6 nitrogen and oxygen atoms in total. The van der Waals surface area contributed by atoms with Gasteiger partial charge in [0, 0.05) is 32.7 Å². The van der Waals surface area contributed by atoms with E-state index in [0.29, 0.717) is 17.7 Å². The van der Waals surface area contributed by atoms with Gasteiger partial charge in [-0.3, -0.25) is 14.6 Å². The van der Waals surface area contributed by atoms with Crippen molar-refractivity contribution in [1.29, 1.82) is 0 Å². The fourth-order valence-electron chi connectivity index (χ4n) is 5.02. The number of carbonyl (C=O) groups excluding carboxylic acids is 2. The maximum atomic E-state index is 13.5. The molecule has 3 aliphatic heterocycles. The lowest BCUT2D eigenvalue weighted by atomic mass is 9.95. The highest BCUT2D eigenvalue weighted by atomic mass is 19.1. The molecule has 3 amide bonds. The summed E-state index contributed by atoms with van der Waals surface area (Å²) in [5.41, 5.74) is 3.37. The molecule has 3 aliphatic rings. The number of likely N-dealkylation sites (N-methyl/N-ethyl adjacent to an activating group) is 1. The van der Waals surface area contributed by atoms with E-state index >= 15 is 0 Å². The number of carbonyl (C=O) groups is 2. The third kappa shape index (κ3) is 3.77. The van der Waals surface area contributed by atoms with Crippen molar-refractivity contribution in [2.75, 3.05) is 26.7 Å². The molecule has 0 bridgehead atoms. The minimum Gasteiger partial charge on any atom is -0.330 e. The Morgan fingerprint density at radius 2 is 1.69 bits per heavy atom. The molecule has 1 N–H and O–H groups in total. The van der Waals surface area contributed by atoms with Crippen molar-refractivity contribution in [3.8, 4) is 0 Å². The van der Waals surface area contributed by atoms with E-state index in [1.165, 1.54) is 22.6 Å². The SMILES string of the molecule is CN1C(=O)NC(c2ccc(F)cc2)C2=C1CN(C1CCN(Cc3ccccc3)CC1)C2=O. The number of nitrogens with zero attached hydrogens (tertiary/aromatic N) is 3. The Bertz CT molecular complexity index is 1050. The molecule has 0 saturated carbocycles. The minimum atomic E-state index is -0.551. The molecule has 3 heterocycles. The smallest absolute Gasteiger partial charge is 0.322 e. The summed E-state index contributed by atoms with van der Waals surface area (Å²) in [5.74, 6) is -0.369. The zero-order valence-electron chi connectivity index (χ0n) is 18.1. The van der Waals surface area contributed by atoms with E-state index in [0.717, 1.165) is 38.2 Å². The van der Waals surface area contributed by atoms with Crippen LogP contribution in [0, 0.1) is 5.82 Å². The second-order valence-corrected chi connectivity index (χ2v) is 8.78. The highest BCUT2D eigenvalue weighted by Crippen LogP contribution is 2.37. The first-order valence-corrected chi connectivity index (χ1v) is 11.1. The van der Waals surface area contributed by atoms with Gasteiger partial charge in [0.25, 0.3) is 5.91 Å². The number of nitrogens with one attached hydrogen (secondary N) is 1. The number of likely N-dealkylation sites (tertiary alicyclic amines) is 1. The van der Waals surface area contributed by atoms with Crippen LogP contribution in [0.25, 0.3) is 0 Å². The van der Waals surface area contributed by atoms with E-state index in [1.807, 2.05) is 11.0 Å². The molecule has 7 heteroatoms. The molecule has 166 valence electrons. The summed E-state index contributed by atoms with van der Waals surface area (Å²) in [6.07, 6.45) is 1.82.